The second-order valence-electron chi connectivity index (χ2n) is 4.98. The molecular weight excluding hydrogens is 307 g/mol. The van der Waals surface area contributed by atoms with Crippen molar-refractivity contribution in [2.75, 3.05) is 10.6 Å². The summed E-state index contributed by atoms with van der Waals surface area (Å²) < 4.78 is 13.0. The quantitative estimate of drug-likeness (QED) is 0.739. The Morgan fingerprint density at radius 3 is 2.33 bits per heavy atom. The minimum absolute atomic E-state index is 0.286. The molecule has 0 radical (unpaired) electrons. The van der Waals surface area contributed by atoms with Gasteiger partial charge in [0.15, 0.2) is 5.11 Å². The van der Waals surface area contributed by atoms with Crippen molar-refractivity contribution in [2.24, 2.45) is 0 Å². The normalized spacial score (nSPS) is 10.5. The lowest BCUT2D eigenvalue weighted by molar-refractivity contribution is 0.628. The van der Waals surface area contributed by atoms with Crippen LogP contribution >= 0.6 is 23.8 Å². The molecule has 2 N–H and O–H groups in total. The van der Waals surface area contributed by atoms with Crippen molar-refractivity contribution in [2.45, 2.75) is 19.8 Å². The molecule has 0 aliphatic carbocycles. The van der Waals surface area contributed by atoms with Crippen LogP contribution in [0.15, 0.2) is 42.5 Å². The highest BCUT2D eigenvalue weighted by atomic mass is 35.5. The zero-order valence-electron chi connectivity index (χ0n) is 11.8. The van der Waals surface area contributed by atoms with E-state index in [2.05, 4.69) is 36.6 Å². The van der Waals surface area contributed by atoms with Gasteiger partial charge in [0.25, 0.3) is 0 Å². The molecule has 0 atom stereocenters. The van der Waals surface area contributed by atoms with Gasteiger partial charge in [-0.1, -0.05) is 37.6 Å². The van der Waals surface area contributed by atoms with Crippen LogP contribution in [0.1, 0.15) is 25.3 Å². The maximum atomic E-state index is 13.0. The Bertz CT molecular complexity index is 641. The van der Waals surface area contributed by atoms with Crippen LogP contribution in [0, 0.1) is 5.82 Å². The monoisotopic (exact) mass is 322 g/mol. The fourth-order valence-corrected chi connectivity index (χ4v) is 2.27. The van der Waals surface area contributed by atoms with Crippen molar-refractivity contribution < 1.29 is 4.39 Å². The molecule has 2 rings (SSSR count). The second-order valence-corrected chi connectivity index (χ2v) is 5.80. The number of hydrogen-bond acceptors (Lipinski definition) is 1. The molecule has 0 heterocycles. The number of nitrogens with one attached hydrogen (secondary N) is 2. The number of benzene rings is 2. The predicted octanol–water partition coefficient (Wildman–Crippen LogP) is 5.41. The third kappa shape index (κ3) is 4.41. The van der Waals surface area contributed by atoms with E-state index in [1.165, 1.54) is 17.7 Å². The fourth-order valence-electron chi connectivity index (χ4n) is 1.83. The number of rotatable bonds is 3. The predicted molar refractivity (Wildman–Crippen MR) is 91.8 cm³/mol. The summed E-state index contributed by atoms with van der Waals surface area (Å²) in [5.74, 6) is 0.107. The zero-order chi connectivity index (χ0) is 15.4. The van der Waals surface area contributed by atoms with Gasteiger partial charge in [0.1, 0.15) is 5.82 Å². The summed E-state index contributed by atoms with van der Waals surface area (Å²) in [5.41, 5.74) is 2.71. The largest absolute Gasteiger partial charge is 0.332 e. The number of anilines is 2. The minimum Gasteiger partial charge on any atom is -0.332 e. The van der Waals surface area contributed by atoms with Crippen LogP contribution in [0.5, 0.6) is 0 Å². The highest BCUT2D eigenvalue weighted by molar-refractivity contribution is 7.80. The Balaban J connectivity index is 2.01. The average molecular weight is 323 g/mol. The third-order valence-corrected chi connectivity index (χ3v) is 3.53. The van der Waals surface area contributed by atoms with E-state index in [9.17, 15) is 4.39 Å². The molecule has 0 bridgehead atoms. The number of hydrogen-bond donors (Lipinski definition) is 2. The van der Waals surface area contributed by atoms with Gasteiger partial charge >= 0.3 is 0 Å². The van der Waals surface area contributed by atoms with E-state index in [0.717, 1.165) is 5.69 Å². The molecule has 0 spiro atoms. The van der Waals surface area contributed by atoms with Crippen molar-refractivity contribution in [1.82, 2.24) is 0 Å². The topological polar surface area (TPSA) is 24.1 Å². The lowest BCUT2D eigenvalue weighted by Gasteiger charge is -2.12. The average Bonchev–Trinajstić information content (AvgIpc) is 2.42. The Hall–Kier alpha value is -1.65. The highest BCUT2D eigenvalue weighted by Crippen LogP contribution is 2.23. The van der Waals surface area contributed by atoms with E-state index in [0.29, 0.717) is 16.7 Å². The van der Waals surface area contributed by atoms with E-state index < -0.39 is 0 Å². The Kier molecular flexibility index (Phi) is 5.15. The van der Waals surface area contributed by atoms with Crippen LogP contribution < -0.4 is 10.6 Å². The molecular formula is C16H16ClFN2S. The molecule has 2 aromatic carbocycles. The maximum Gasteiger partial charge on any atom is 0.175 e. The van der Waals surface area contributed by atoms with Crippen LogP contribution in [0.2, 0.25) is 5.02 Å². The number of thiocarbonyl (C=S) groups is 1. The van der Waals surface area contributed by atoms with Gasteiger partial charge in [0.05, 0.1) is 10.7 Å². The lowest BCUT2D eigenvalue weighted by Crippen LogP contribution is -2.19. The zero-order valence-corrected chi connectivity index (χ0v) is 13.4. The summed E-state index contributed by atoms with van der Waals surface area (Å²) in [5, 5.41) is 6.70. The molecule has 0 amide bonds. The van der Waals surface area contributed by atoms with E-state index in [1.807, 2.05) is 12.1 Å². The van der Waals surface area contributed by atoms with Gasteiger partial charge in [-0.25, -0.2) is 4.39 Å². The smallest absolute Gasteiger partial charge is 0.175 e. The van der Waals surface area contributed by atoms with Gasteiger partial charge in [0.2, 0.25) is 0 Å². The first-order valence-electron chi connectivity index (χ1n) is 6.58. The number of halogens is 2. The van der Waals surface area contributed by atoms with Crippen molar-refractivity contribution in [1.29, 1.82) is 0 Å². The lowest BCUT2D eigenvalue weighted by atomic mass is 10.0. The molecule has 21 heavy (non-hydrogen) atoms. The third-order valence-electron chi connectivity index (χ3n) is 3.01. The van der Waals surface area contributed by atoms with Crippen molar-refractivity contribution in [3.8, 4) is 0 Å². The SMILES string of the molecule is CC(C)c1ccc(NC(=S)Nc2ccc(F)cc2Cl)cc1. The van der Waals surface area contributed by atoms with Crippen LogP contribution in [0.3, 0.4) is 0 Å². The summed E-state index contributed by atoms with van der Waals surface area (Å²) in [4.78, 5) is 0. The maximum absolute atomic E-state index is 13.0. The molecule has 0 saturated carbocycles. The highest BCUT2D eigenvalue weighted by Gasteiger charge is 2.05. The Morgan fingerprint density at radius 1 is 1.10 bits per heavy atom. The summed E-state index contributed by atoms with van der Waals surface area (Å²) in [6, 6.07) is 12.2. The summed E-state index contributed by atoms with van der Waals surface area (Å²) >= 11 is 11.2. The standard InChI is InChI=1S/C16H16ClFN2S/c1-10(2)11-3-6-13(7-4-11)19-16(21)20-15-8-5-12(18)9-14(15)17/h3-10H,1-2H3,(H2,19,20,21). The van der Waals surface area contributed by atoms with Gasteiger partial charge < -0.3 is 10.6 Å². The van der Waals surface area contributed by atoms with Crippen molar-refractivity contribution in [3.05, 3.63) is 58.9 Å². The van der Waals surface area contributed by atoms with Crippen molar-refractivity contribution >= 4 is 40.3 Å². The van der Waals surface area contributed by atoms with Gasteiger partial charge in [-0.2, -0.15) is 0 Å². The van der Waals surface area contributed by atoms with E-state index in [-0.39, 0.29) is 10.8 Å². The molecule has 0 saturated heterocycles. The molecule has 0 aromatic heterocycles. The van der Waals surface area contributed by atoms with Crippen molar-refractivity contribution in [3.63, 3.8) is 0 Å². The molecule has 0 unspecified atom stereocenters. The summed E-state index contributed by atoms with van der Waals surface area (Å²) in [6.07, 6.45) is 0. The molecule has 0 aliphatic rings. The van der Waals surface area contributed by atoms with Gasteiger partial charge in [-0.3, -0.25) is 0 Å². The fraction of sp³-hybridized carbons (Fsp3) is 0.188. The van der Waals surface area contributed by atoms with Gasteiger partial charge in [0, 0.05) is 5.69 Å². The minimum atomic E-state index is -0.381. The van der Waals surface area contributed by atoms with Gasteiger partial charge in [-0.05, 0) is 54.0 Å². The first kappa shape index (κ1) is 15.7. The molecule has 5 heteroatoms. The van der Waals surface area contributed by atoms with Crippen LogP contribution in [-0.2, 0) is 0 Å². The van der Waals surface area contributed by atoms with Crippen LogP contribution in [-0.4, -0.2) is 5.11 Å². The summed E-state index contributed by atoms with van der Waals surface area (Å²) in [7, 11) is 0. The van der Waals surface area contributed by atoms with E-state index in [1.54, 1.807) is 6.07 Å². The molecule has 0 aliphatic heterocycles. The molecule has 2 aromatic rings. The summed E-state index contributed by atoms with van der Waals surface area (Å²) in [6.45, 7) is 4.29. The van der Waals surface area contributed by atoms with Gasteiger partial charge in [-0.15, -0.1) is 0 Å². The molecule has 0 fully saturated rings. The van der Waals surface area contributed by atoms with Crippen LogP contribution in [0.25, 0.3) is 0 Å². The first-order valence-corrected chi connectivity index (χ1v) is 7.37. The van der Waals surface area contributed by atoms with E-state index in [4.69, 9.17) is 23.8 Å². The van der Waals surface area contributed by atoms with Crippen LogP contribution in [0.4, 0.5) is 15.8 Å². The Labute approximate surface area is 134 Å². The molecule has 2 nitrogen and oxygen atoms in total. The van der Waals surface area contributed by atoms with E-state index >= 15 is 0 Å². The first-order chi connectivity index (χ1) is 9.95. The second kappa shape index (κ2) is 6.87. The Morgan fingerprint density at radius 2 is 1.76 bits per heavy atom. The molecule has 110 valence electrons.